The van der Waals surface area contributed by atoms with Crippen molar-refractivity contribution < 1.29 is 9.72 Å². The van der Waals surface area contributed by atoms with E-state index in [4.69, 9.17) is 5.73 Å². The number of para-hydroxylation sites is 2. The van der Waals surface area contributed by atoms with Crippen LogP contribution in [0.5, 0.6) is 0 Å². The number of benzene rings is 1. The zero-order chi connectivity index (χ0) is 15.5. The highest BCUT2D eigenvalue weighted by molar-refractivity contribution is 5.82. The van der Waals surface area contributed by atoms with Crippen molar-refractivity contribution >= 4 is 17.3 Å². The predicted molar refractivity (Wildman–Crippen MR) is 79.9 cm³/mol. The second-order valence-electron chi connectivity index (χ2n) is 5.71. The maximum absolute atomic E-state index is 12.2. The number of nitro benzene ring substituents is 1. The van der Waals surface area contributed by atoms with E-state index >= 15 is 0 Å². The van der Waals surface area contributed by atoms with E-state index < -0.39 is 4.92 Å². The lowest BCUT2D eigenvalue weighted by molar-refractivity contribution is -0.383. The highest BCUT2D eigenvalue weighted by Gasteiger charge is 2.34. The van der Waals surface area contributed by atoms with Crippen LogP contribution in [0.2, 0.25) is 0 Å². The average molecular weight is 292 g/mol. The van der Waals surface area contributed by atoms with E-state index in [1.807, 2.05) is 0 Å². The number of nitrogens with two attached hydrogens (primary N) is 1. The summed E-state index contributed by atoms with van der Waals surface area (Å²) >= 11 is 0. The Hall–Kier alpha value is -2.15. The first-order valence-corrected chi connectivity index (χ1v) is 6.90. The Labute approximate surface area is 123 Å². The zero-order valence-electron chi connectivity index (χ0n) is 12.0. The van der Waals surface area contributed by atoms with Crippen LogP contribution in [-0.4, -0.2) is 41.9 Å². The number of amides is 1. The van der Waals surface area contributed by atoms with Gasteiger partial charge in [0.05, 0.1) is 11.5 Å². The molecule has 1 atom stereocenters. The summed E-state index contributed by atoms with van der Waals surface area (Å²) in [7, 11) is 0. The van der Waals surface area contributed by atoms with Gasteiger partial charge in [-0.1, -0.05) is 19.1 Å². The van der Waals surface area contributed by atoms with Gasteiger partial charge in [0, 0.05) is 19.2 Å². The Kier molecular flexibility index (Phi) is 4.42. The van der Waals surface area contributed by atoms with Gasteiger partial charge in [-0.3, -0.25) is 14.9 Å². The van der Waals surface area contributed by atoms with E-state index in [2.05, 4.69) is 12.2 Å². The smallest absolute Gasteiger partial charge is 0.292 e. The molecule has 1 aliphatic rings. The van der Waals surface area contributed by atoms with Gasteiger partial charge in [0.15, 0.2) is 0 Å². The molecule has 1 aromatic carbocycles. The normalized spacial score (nSPS) is 21.3. The van der Waals surface area contributed by atoms with E-state index in [1.165, 1.54) is 6.07 Å². The van der Waals surface area contributed by atoms with Crippen molar-refractivity contribution in [3.8, 4) is 0 Å². The molecule has 2 rings (SSSR count). The molecular formula is C14H20N4O3. The molecule has 1 unspecified atom stereocenters. The molecule has 114 valence electrons. The van der Waals surface area contributed by atoms with Gasteiger partial charge in [-0.15, -0.1) is 0 Å². The number of hydrogen-bond acceptors (Lipinski definition) is 5. The molecule has 0 aromatic heterocycles. The second kappa shape index (κ2) is 6.09. The van der Waals surface area contributed by atoms with Crippen LogP contribution < -0.4 is 11.1 Å². The number of nitrogens with one attached hydrogen (secondary N) is 1. The molecule has 1 heterocycles. The number of hydrogen-bond donors (Lipinski definition) is 2. The summed E-state index contributed by atoms with van der Waals surface area (Å²) in [5.74, 6) is -0.0645. The van der Waals surface area contributed by atoms with E-state index in [-0.39, 0.29) is 23.6 Å². The van der Waals surface area contributed by atoms with Crippen LogP contribution in [0.15, 0.2) is 24.3 Å². The summed E-state index contributed by atoms with van der Waals surface area (Å²) in [6.07, 6.45) is 0.890. The molecule has 1 aromatic rings. The molecule has 1 fully saturated rings. The van der Waals surface area contributed by atoms with Crippen molar-refractivity contribution in [3.05, 3.63) is 34.4 Å². The third-order valence-electron chi connectivity index (χ3n) is 3.93. The molecule has 1 amide bonds. The van der Waals surface area contributed by atoms with Gasteiger partial charge in [-0.2, -0.15) is 0 Å². The molecule has 0 spiro atoms. The molecular weight excluding hydrogens is 272 g/mol. The second-order valence-corrected chi connectivity index (χ2v) is 5.71. The highest BCUT2D eigenvalue weighted by Crippen LogP contribution is 2.28. The number of nitrogens with zero attached hydrogens (tertiary/aromatic N) is 2. The summed E-state index contributed by atoms with van der Waals surface area (Å²) in [6, 6.07) is 6.30. The average Bonchev–Trinajstić information content (AvgIpc) is 2.88. The van der Waals surface area contributed by atoms with Crippen molar-refractivity contribution in [2.45, 2.75) is 13.3 Å². The van der Waals surface area contributed by atoms with Crippen LogP contribution in [0.1, 0.15) is 13.3 Å². The SMILES string of the molecule is CC1(CN)CCN(C(=O)CNc2ccccc2[N+](=O)[O-])C1. The number of rotatable bonds is 5. The first-order valence-electron chi connectivity index (χ1n) is 6.90. The maximum atomic E-state index is 12.2. The minimum Gasteiger partial charge on any atom is -0.371 e. The van der Waals surface area contributed by atoms with Crippen LogP contribution >= 0.6 is 0 Å². The van der Waals surface area contributed by atoms with E-state index in [1.54, 1.807) is 23.1 Å². The largest absolute Gasteiger partial charge is 0.371 e. The zero-order valence-corrected chi connectivity index (χ0v) is 12.0. The molecule has 21 heavy (non-hydrogen) atoms. The monoisotopic (exact) mass is 292 g/mol. The summed E-state index contributed by atoms with van der Waals surface area (Å²) in [5, 5.41) is 13.8. The van der Waals surface area contributed by atoms with Gasteiger partial charge in [-0.25, -0.2) is 0 Å². The number of carbonyl (C=O) groups is 1. The summed E-state index contributed by atoms with van der Waals surface area (Å²) in [4.78, 5) is 24.4. The van der Waals surface area contributed by atoms with Crippen LogP contribution in [0.4, 0.5) is 11.4 Å². The van der Waals surface area contributed by atoms with Crippen molar-refractivity contribution in [2.75, 3.05) is 31.5 Å². The Balaban J connectivity index is 1.95. The Bertz CT molecular complexity index is 549. The molecule has 0 bridgehead atoms. The number of likely N-dealkylation sites (tertiary alicyclic amines) is 1. The van der Waals surface area contributed by atoms with E-state index in [9.17, 15) is 14.9 Å². The lowest BCUT2D eigenvalue weighted by Crippen LogP contribution is -2.37. The van der Waals surface area contributed by atoms with Crippen molar-refractivity contribution in [1.29, 1.82) is 0 Å². The summed E-state index contributed by atoms with van der Waals surface area (Å²) < 4.78 is 0. The summed E-state index contributed by atoms with van der Waals surface area (Å²) in [6.45, 7) is 3.99. The van der Waals surface area contributed by atoms with Gasteiger partial charge in [0.1, 0.15) is 5.69 Å². The Morgan fingerprint density at radius 3 is 2.86 bits per heavy atom. The topological polar surface area (TPSA) is 102 Å². The quantitative estimate of drug-likeness (QED) is 0.627. The first kappa shape index (κ1) is 15.2. The van der Waals surface area contributed by atoms with Crippen molar-refractivity contribution in [3.63, 3.8) is 0 Å². The fourth-order valence-corrected chi connectivity index (χ4v) is 2.47. The van der Waals surface area contributed by atoms with Crippen LogP contribution in [0.3, 0.4) is 0 Å². The predicted octanol–water partition coefficient (Wildman–Crippen LogP) is 1.20. The van der Waals surface area contributed by atoms with Crippen LogP contribution in [0, 0.1) is 15.5 Å². The lowest BCUT2D eigenvalue weighted by Gasteiger charge is -2.22. The fraction of sp³-hybridized carbons (Fsp3) is 0.500. The number of anilines is 1. The first-order chi connectivity index (χ1) is 9.95. The van der Waals surface area contributed by atoms with Gasteiger partial charge >= 0.3 is 0 Å². The minimum absolute atomic E-state index is 0.0194. The molecule has 7 heteroatoms. The standard InChI is InChI=1S/C14H20N4O3/c1-14(9-15)6-7-17(10-14)13(19)8-16-11-4-2-3-5-12(11)18(20)21/h2-5,16H,6-10,15H2,1H3. The van der Waals surface area contributed by atoms with Crippen molar-refractivity contribution in [1.82, 2.24) is 4.90 Å². The van der Waals surface area contributed by atoms with Crippen LogP contribution in [0.25, 0.3) is 0 Å². The van der Waals surface area contributed by atoms with E-state index in [0.717, 1.165) is 6.42 Å². The van der Waals surface area contributed by atoms with Gasteiger partial charge in [0.25, 0.3) is 5.69 Å². The minimum atomic E-state index is -0.464. The highest BCUT2D eigenvalue weighted by atomic mass is 16.6. The molecule has 0 saturated carbocycles. The van der Waals surface area contributed by atoms with Gasteiger partial charge in [-0.05, 0) is 24.4 Å². The van der Waals surface area contributed by atoms with Crippen LogP contribution in [-0.2, 0) is 4.79 Å². The van der Waals surface area contributed by atoms with Gasteiger partial charge < -0.3 is 16.0 Å². The maximum Gasteiger partial charge on any atom is 0.292 e. The Morgan fingerprint density at radius 2 is 2.24 bits per heavy atom. The molecule has 1 saturated heterocycles. The molecule has 7 nitrogen and oxygen atoms in total. The van der Waals surface area contributed by atoms with E-state index in [0.29, 0.717) is 25.3 Å². The van der Waals surface area contributed by atoms with Crippen molar-refractivity contribution in [2.24, 2.45) is 11.1 Å². The third-order valence-corrected chi connectivity index (χ3v) is 3.93. The summed E-state index contributed by atoms with van der Waals surface area (Å²) in [5.41, 5.74) is 6.03. The molecule has 0 aliphatic carbocycles. The molecule has 1 aliphatic heterocycles. The number of nitro groups is 1. The third kappa shape index (κ3) is 3.49. The van der Waals surface area contributed by atoms with Gasteiger partial charge in [0.2, 0.25) is 5.91 Å². The Morgan fingerprint density at radius 1 is 1.52 bits per heavy atom. The lowest BCUT2D eigenvalue weighted by atomic mass is 9.90. The molecule has 3 N–H and O–H groups in total. The number of carbonyl (C=O) groups excluding carboxylic acids is 1. The molecule has 0 radical (unpaired) electrons. The fourth-order valence-electron chi connectivity index (χ4n) is 2.47.